The fourth-order valence-corrected chi connectivity index (χ4v) is 2.33. The molecule has 0 spiro atoms. The quantitative estimate of drug-likeness (QED) is 0.566. The van der Waals surface area contributed by atoms with Gasteiger partial charge in [0.15, 0.2) is 0 Å². The Labute approximate surface area is 112 Å². The van der Waals surface area contributed by atoms with Gasteiger partial charge in [0.25, 0.3) is 5.56 Å². The molecule has 0 atom stereocenters. The third-order valence-corrected chi connectivity index (χ3v) is 3.27. The van der Waals surface area contributed by atoms with Crippen LogP contribution in [0.3, 0.4) is 0 Å². The van der Waals surface area contributed by atoms with E-state index in [-0.39, 0.29) is 5.56 Å². The molecule has 0 fully saturated rings. The van der Waals surface area contributed by atoms with Gasteiger partial charge in [0.1, 0.15) is 5.52 Å². The first-order chi connectivity index (χ1) is 9.84. The fourth-order valence-electron chi connectivity index (χ4n) is 2.33. The van der Waals surface area contributed by atoms with Crippen molar-refractivity contribution in [3.63, 3.8) is 0 Å². The van der Waals surface area contributed by atoms with Crippen molar-refractivity contribution in [2.75, 3.05) is 0 Å². The summed E-state index contributed by atoms with van der Waals surface area (Å²) in [5, 5.41) is 15.9. The first kappa shape index (κ1) is 10.9. The van der Waals surface area contributed by atoms with Crippen LogP contribution in [-0.4, -0.2) is 25.2 Å². The zero-order valence-electron chi connectivity index (χ0n) is 10.3. The lowest BCUT2D eigenvalue weighted by atomic mass is 10.1. The zero-order valence-corrected chi connectivity index (χ0v) is 10.3. The molecule has 96 valence electrons. The Hall–Kier alpha value is -3.02. The lowest BCUT2D eigenvalue weighted by molar-refractivity contribution is 0.828. The van der Waals surface area contributed by atoms with Crippen molar-refractivity contribution in [2.24, 2.45) is 0 Å². The highest BCUT2D eigenvalue weighted by atomic mass is 16.1. The Bertz CT molecular complexity index is 985. The van der Waals surface area contributed by atoms with Gasteiger partial charge in [-0.1, -0.05) is 23.4 Å². The monoisotopic (exact) mass is 263 g/mol. The Kier molecular flexibility index (Phi) is 2.17. The minimum atomic E-state index is -0.214. The number of para-hydroxylation sites is 1. The number of hydrogen-bond acceptors (Lipinski definition) is 4. The molecule has 2 aromatic carbocycles. The highest BCUT2D eigenvalue weighted by molar-refractivity contribution is 5.90. The van der Waals surface area contributed by atoms with E-state index in [0.29, 0.717) is 5.39 Å². The van der Waals surface area contributed by atoms with Gasteiger partial charge in [-0.3, -0.25) is 4.79 Å². The number of H-pyrrole nitrogens is 1. The van der Waals surface area contributed by atoms with Crippen LogP contribution in [0.1, 0.15) is 0 Å². The standard InChI is InChI=1S/C14H9N5O/c20-14-9-4-3-7-12(10(9)8-15-17-14)19-13-6-2-1-5-11(13)16-18-19/h1-8H,(H,17,20). The molecule has 0 aliphatic heterocycles. The summed E-state index contributed by atoms with van der Waals surface area (Å²) in [7, 11) is 0. The van der Waals surface area contributed by atoms with E-state index in [9.17, 15) is 4.79 Å². The molecule has 20 heavy (non-hydrogen) atoms. The summed E-state index contributed by atoms with van der Waals surface area (Å²) in [6.07, 6.45) is 1.63. The van der Waals surface area contributed by atoms with Crippen molar-refractivity contribution in [3.8, 4) is 5.69 Å². The van der Waals surface area contributed by atoms with Gasteiger partial charge in [-0.25, -0.2) is 9.78 Å². The van der Waals surface area contributed by atoms with E-state index in [1.807, 2.05) is 36.4 Å². The topological polar surface area (TPSA) is 76.5 Å². The first-order valence-electron chi connectivity index (χ1n) is 6.12. The summed E-state index contributed by atoms with van der Waals surface area (Å²) < 4.78 is 1.72. The minimum absolute atomic E-state index is 0.214. The van der Waals surface area contributed by atoms with Crippen LogP contribution in [0, 0.1) is 0 Å². The third kappa shape index (κ3) is 1.45. The van der Waals surface area contributed by atoms with Gasteiger partial charge in [0.2, 0.25) is 0 Å². The second-order valence-corrected chi connectivity index (χ2v) is 4.43. The molecule has 2 aromatic heterocycles. The van der Waals surface area contributed by atoms with Gasteiger partial charge >= 0.3 is 0 Å². The Morgan fingerprint density at radius 1 is 1.00 bits per heavy atom. The van der Waals surface area contributed by atoms with E-state index in [0.717, 1.165) is 22.1 Å². The van der Waals surface area contributed by atoms with Crippen molar-refractivity contribution in [1.82, 2.24) is 25.2 Å². The van der Waals surface area contributed by atoms with Crippen LogP contribution in [0.4, 0.5) is 0 Å². The molecule has 4 rings (SSSR count). The largest absolute Gasteiger partial charge is 0.272 e. The Morgan fingerprint density at radius 3 is 2.85 bits per heavy atom. The van der Waals surface area contributed by atoms with E-state index in [2.05, 4.69) is 20.5 Å². The van der Waals surface area contributed by atoms with E-state index in [1.54, 1.807) is 16.9 Å². The maximum atomic E-state index is 11.8. The van der Waals surface area contributed by atoms with Gasteiger partial charge in [-0.2, -0.15) is 5.10 Å². The third-order valence-electron chi connectivity index (χ3n) is 3.27. The maximum absolute atomic E-state index is 11.8. The average Bonchev–Trinajstić information content (AvgIpc) is 2.91. The van der Waals surface area contributed by atoms with Crippen LogP contribution in [0.5, 0.6) is 0 Å². The predicted molar refractivity (Wildman–Crippen MR) is 74.8 cm³/mol. The van der Waals surface area contributed by atoms with Crippen molar-refractivity contribution in [2.45, 2.75) is 0 Å². The van der Waals surface area contributed by atoms with Gasteiger partial charge < -0.3 is 0 Å². The van der Waals surface area contributed by atoms with Crippen molar-refractivity contribution in [1.29, 1.82) is 0 Å². The number of benzene rings is 2. The molecule has 0 radical (unpaired) electrons. The van der Waals surface area contributed by atoms with Crippen LogP contribution >= 0.6 is 0 Å². The molecular weight excluding hydrogens is 254 g/mol. The first-order valence-corrected chi connectivity index (χ1v) is 6.12. The van der Waals surface area contributed by atoms with Gasteiger partial charge in [-0.05, 0) is 24.3 Å². The highest BCUT2D eigenvalue weighted by Gasteiger charge is 2.10. The van der Waals surface area contributed by atoms with Crippen molar-refractivity contribution >= 4 is 21.8 Å². The van der Waals surface area contributed by atoms with E-state index >= 15 is 0 Å². The van der Waals surface area contributed by atoms with Crippen LogP contribution in [0.25, 0.3) is 27.5 Å². The van der Waals surface area contributed by atoms with Crippen LogP contribution in [-0.2, 0) is 0 Å². The molecule has 0 saturated carbocycles. The second-order valence-electron chi connectivity index (χ2n) is 4.43. The summed E-state index contributed by atoms with van der Waals surface area (Å²) in [6.45, 7) is 0. The van der Waals surface area contributed by atoms with E-state index < -0.39 is 0 Å². The lowest BCUT2D eigenvalue weighted by Crippen LogP contribution is -2.09. The van der Waals surface area contributed by atoms with Gasteiger partial charge in [0, 0.05) is 5.39 Å². The fraction of sp³-hybridized carbons (Fsp3) is 0. The molecule has 0 bridgehead atoms. The van der Waals surface area contributed by atoms with E-state index in [4.69, 9.17) is 0 Å². The molecule has 0 aliphatic carbocycles. The summed E-state index contributed by atoms with van der Waals surface area (Å²) in [6, 6.07) is 13.2. The number of nitrogens with zero attached hydrogens (tertiary/aromatic N) is 4. The Morgan fingerprint density at radius 2 is 1.90 bits per heavy atom. The molecule has 0 saturated heterocycles. The van der Waals surface area contributed by atoms with Crippen LogP contribution in [0.15, 0.2) is 53.5 Å². The summed E-state index contributed by atoms with van der Waals surface area (Å²) in [4.78, 5) is 11.8. The van der Waals surface area contributed by atoms with Gasteiger partial charge in [0.05, 0.1) is 22.8 Å². The smallest absolute Gasteiger partial charge is 0.267 e. The van der Waals surface area contributed by atoms with Crippen LogP contribution < -0.4 is 5.56 Å². The molecule has 0 amide bonds. The number of aromatic nitrogens is 5. The lowest BCUT2D eigenvalue weighted by Gasteiger charge is -2.05. The number of fused-ring (bicyclic) bond motifs is 2. The number of rotatable bonds is 1. The normalized spacial score (nSPS) is 11.2. The van der Waals surface area contributed by atoms with Crippen molar-refractivity contribution in [3.05, 3.63) is 59.0 Å². The molecule has 2 heterocycles. The van der Waals surface area contributed by atoms with Crippen molar-refractivity contribution < 1.29 is 0 Å². The molecule has 0 aliphatic rings. The molecule has 6 nitrogen and oxygen atoms in total. The van der Waals surface area contributed by atoms with Gasteiger partial charge in [-0.15, -0.1) is 5.10 Å². The highest BCUT2D eigenvalue weighted by Crippen LogP contribution is 2.21. The molecule has 4 aromatic rings. The summed E-state index contributed by atoms with van der Waals surface area (Å²) in [5.74, 6) is 0. The van der Waals surface area contributed by atoms with E-state index in [1.165, 1.54) is 0 Å². The average molecular weight is 263 g/mol. The molecule has 6 heteroatoms. The molecule has 1 N–H and O–H groups in total. The maximum Gasteiger partial charge on any atom is 0.272 e. The second kappa shape index (κ2) is 3.99. The van der Waals surface area contributed by atoms with Crippen LogP contribution in [0.2, 0.25) is 0 Å². The summed E-state index contributed by atoms with van der Waals surface area (Å²) >= 11 is 0. The number of nitrogens with one attached hydrogen (secondary N) is 1. The summed E-state index contributed by atoms with van der Waals surface area (Å²) in [5.41, 5.74) is 2.27. The zero-order chi connectivity index (χ0) is 13.5. The Balaban J connectivity index is 2.13. The minimum Gasteiger partial charge on any atom is -0.267 e. The number of hydrogen-bond donors (Lipinski definition) is 1. The molecular formula is C14H9N5O. The number of aromatic amines is 1. The SMILES string of the molecule is O=c1[nH]ncc2c(-n3nnc4ccccc43)cccc12. The molecule has 0 unspecified atom stereocenters. The predicted octanol–water partition coefficient (Wildman–Crippen LogP) is 1.66.